The molecule has 0 saturated carbocycles. The van der Waals surface area contributed by atoms with Gasteiger partial charge < -0.3 is 5.32 Å². The molecule has 1 N–H and O–H groups in total. The Hall–Kier alpha value is -1.11. The van der Waals surface area contributed by atoms with Crippen molar-refractivity contribution in [3.8, 4) is 0 Å². The minimum absolute atomic E-state index is 0.0717. The summed E-state index contributed by atoms with van der Waals surface area (Å²) in [5, 5.41) is 3.37. The molecule has 21 heavy (non-hydrogen) atoms. The maximum absolute atomic E-state index is 12.7. The van der Waals surface area contributed by atoms with Crippen LogP contribution in [0.2, 0.25) is 5.02 Å². The number of halogens is 1. The molecule has 1 aromatic rings. The molecule has 0 bridgehead atoms. The van der Waals surface area contributed by atoms with Crippen molar-refractivity contribution >= 4 is 27.5 Å². The molecule has 5 nitrogen and oxygen atoms in total. The number of carbonyl (C=O) groups excluding carboxylic acids is 1. The number of sulfonamides is 1. The van der Waals surface area contributed by atoms with Crippen LogP contribution >= 0.6 is 11.6 Å². The van der Waals surface area contributed by atoms with Gasteiger partial charge in [-0.1, -0.05) is 17.7 Å². The topological polar surface area (TPSA) is 66.5 Å². The summed E-state index contributed by atoms with van der Waals surface area (Å²) >= 11 is 5.89. The van der Waals surface area contributed by atoms with Crippen molar-refractivity contribution in [3.63, 3.8) is 0 Å². The molecule has 3 rings (SSSR count). The molecule has 2 aliphatic heterocycles. The second-order valence-electron chi connectivity index (χ2n) is 5.58. The van der Waals surface area contributed by atoms with Gasteiger partial charge in [-0.25, -0.2) is 8.42 Å². The van der Waals surface area contributed by atoms with E-state index in [1.54, 1.807) is 18.2 Å². The lowest BCUT2D eigenvalue weighted by molar-refractivity contribution is -0.124. The van der Waals surface area contributed by atoms with Gasteiger partial charge in [0.1, 0.15) is 0 Å². The van der Waals surface area contributed by atoms with Crippen molar-refractivity contribution in [3.05, 3.63) is 29.3 Å². The molecule has 1 amide bonds. The van der Waals surface area contributed by atoms with Crippen LogP contribution in [0.5, 0.6) is 0 Å². The molecule has 2 unspecified atom stereocenters. The van der Waals surface area contributed by atoms with Crippen molar-refractivity contribution < 1.29 is 13.2 Å². The molecular formula is C14H17ClN2O3S. The van der Waals surface area contributed by atoms with E-state index in [-0.39, 0.29) is 22.8 Å². The van der Waals surface area contributed by atoms with Crippen LogP contribution < -0.4 is 5.32 Å². The van der Waals surface area contributed by atoms with Crippen LogP contribution in [0, 0.1) is 5.92 Å². The fourth-order valence-electron chi connectivity index (χ4n) is 3.07. The minimum Gasteiger partial charge on any atom is -0.353 e. The zero-order chi connectivity index (χ0) is 15.0. The van der Waals surface area contributed by atoms with Crippen LogP contribution in [0.4, 0.5) is 0 Å². The van der Waals surface area contributed by atoms with E-state index in [0.717, 1.165) is 6.42 Å². The van der Waals surface area contributed by atoms with Crippen LogP contribution in [0.25, 0.3) is 0 Å². The first kappa shape index (κ1) is 14.8. The first-order chi connectivity index (χ1) is 9.96. The highest BCUT2D eigenvalue weighted by atomic mass is 35.5. The number of piperidine rings is 2. The van der Waals surface area contributed by atoms with E-state index in [2.05, 4.69) is 5.32 Å². The Balaban J connectivity index is 1.80. The molecule has 2 saturated heterocycles. The molecule has 0 radical (unpaired) electrons. The first-order valence-corrected chi connectivity index (χ1v) is 8.84. The molecule has 2 heterocycles. The number of fused-ring (bicyclic) bond motifs is 1. The number of rotatable bonds is 2. The van der Waals surface area contributed by atoms with Gasteiger partial charge in [0.25, 0.3) is 0 Å². The standard InChI is InChI=1S/C14H17ClN2O3S/c15-11-2-1-3-12(8-11)21(19,20)17-7-6-13-10(9-17)4-5-14(18)16-13/h1-3,8,10,13H,4-7,9H2,(H,16,18). The summed E-state index contributed by atoms with van der Waals surface area (Å²) in [6.45, 7) is 0.885. The first-order valence-electron chi connectivity index (χ1n) is 7.02. The molecule has 1 aromatic carbocycles. The summed E-state index contributed by atoms with van der Waals surface area (Å²) in [4.78, 5) is 11.6. The average molecular weight is 329 g/mol. The second kappa shape index (κ2) is 5.59. The quantitative estimate of drug-likeness (QED) is 0.897. The summed E-state index contributed by atoms with van der Waals surface area (Å²) in [5.41, 5.74) is 0. The number of benzene rings is 1. The number of carbonyl (C=O) groups is 1. The van der Waals surface area contributed by atoms with Crippen molar-refractivity contribution in [2.24, 2.45) is 5.92 Å². The molecule has 7 heteroatoms. The predicted octanol–water partition coefficient (Wildman–Crippen LogP) is 1.63. The van der Waals surface area contributed by atoms with E-state index < -0.39 is 10.0 Å². The van der Waals surface area contributed by atoms with Crippen LogP contribution in [0.1, 0.15) is 19.3 Å². The lowest BCUT2D eigenvalue weighted by atomic mass is 9.86. The van der Waals surface area contributed by atoms with E-state index in [1.807, 2.05) is 0 Å². The Bertz CT molecular complexity index is 662. The molecule has 0 spiro atoms. The smallest absolute Gasteiger partial charge is 0.243 e. The zero-order valence-electron chi connectivity index (χ0n) is 11.5. The Labute approximate surface area is 129 Å². The van der Waals surface area contributed by atoms with Crippen LogP contribution in [-0.4, -0.2) is 37.8 Å². The van der Waals surface area contributed by atoms with Crippen LogP contribution in [-0.2, 0) is 14.8 Å². The highest BCUT2D eigenvalue weighted by Crippen LogP contribution is 2.29. The Kier molecular flexibility index (Phi) is 3.94. The van der Waals surface area contributed by atoms with Gasteiger partial charge in [0, 0.05) is 30.6 Å². The number of hydrogen-bond acceptors (Lipinski definition) is 3. The van der Waals surface area contributed by atoms with Gasteiger partial charge in [-0.2, -0.15) is 4.31 Å². The zero-order valence-corrected chi connectivity index (χ0v) is 13.0. The van der Waals surface area contributed by atoms with Crippen LogP contribution in [0.3, 0.4) is 0 Å². The lowest BCUT2D eigenvalue weighted by Crippen LogP contribution is -2.54. The molecule has 2 fully saturated rings. The van der Waals surface area contributed by atoms with Crippen molar-refractivity contribution in [1.82, 2.24) is 9.62 Å². The van der Waals surface area contributed by atoms with Gasteiger partial charge in [0.05, 0.1) is 4.90 Å². The van der Waals surface area contributed by atoms with Gasteiger partial charge in [0.15, 0.2) is 0 Å². The summed E-state index contributed by atoms with van der Waals surface area (Å²) in [7, 11) is -3.51. The molecule has 2 atom stereocenters. The molecular weight excluding hydrogens is 312 g/mol. The van der Waals surface area contributed by atoms with E-state index in [0.29, 0.717) is 31.0 Å². The number of nitrogens with one attached hydrogen (secondary N) is 1. The number of nitrogens with zero attached hydrogens (tertiary/aromatic N) is 1. The maximum atomic E-state index is 12.7. The molecule has 0 aliphatic carbocycles. The third-order valence-corrected chi connectivity index (χ3v) is 6.32. The fraction of sp³-hybridized carbons (Fsp3) is 0.500. The van der Waals surface area contributed by atoms with Gasteiger partial charge >= 0.3 is 0 Å². The highest BCUT2D eigenvalue weighted by Gasteiger charge is 2.38. The predicted molar refractivity (Wildman–Crippen MR) is 79.5 cm³/mol. The number of hydrogen-bond donors (Lipinski definition) is 1. The summed E-state index contributed by atoms with van der Waals surface area (Å²) in [6.07, 6.45) is 1.89. The Morgan fingerprint density at radius 2 is 2.10 bits per heavy atom. The second-order valence-corrected chi connectivity index (χ2v) is 7.96. The summed E-state index contributed by atoms with van der Waals surface area (Å²) in [5.74, 6) is 0.271. The van der Waals surface area contributed by atoms with Gasteiger partial charge in [-0.3, -0.25) is 4.79 Å². The SMILES string of the molecule is O=C1CCC2CN(S(=O)(=O)c3cccc(Cl)c3)CCC2N1. The van der Waals surface area contributed by atoms with E-state index in [9.17, 15) is 13.2 Å². The Morgan fingerprint density at radius 1 is 1.29 bits per heavy atom. The van der Waals surface area contributed by atoms with Crippen molar-refractivity contribution in [1.29, 1.82) is 0 Å². The van der Waals surface area contributed by atoms with Crippen molar-refractivity contribution in [2.45, 2.75) is 30.2 Å². The lowest BCUT2D eigenvalue weighted by Gasteiger charge is -2.40. The van der Waals surface area contributed by atoms with Crippen molar-refractivity contribution in [2.75, 3.05) is 13.1 Å². The average Bonchev–Trinajstić information content (AvgIpc) is 2.46. The molecule has 2 aliphatic rings. The summed E-state index contributed by atoms with van der Waals surface area (Å²) in [6, 6.07) is 6.45. The van der Waals surface area contributed by atoms with E-state index in [4.69, 9.17) is 11.6 Å². The number of amides is 1. The fourth-order valence-corrected chi connectivity index (χ4v) is 4.88. The summed E-state index contributed by atoms with van der Waals surface area (Å²) < 4.78 is 26.8. The maximum Gasteiger partial charge on any atom is 0.243 e. The molecule has 114 valence electrons. The van der Waals surface area contributed by atoms with Gasteiger partial charge in [0.2, 0.25) is 15.9 Å². The largest absolute Gasteiger partial charge is 0.353 e. The highest BCUT2D eigenvalue weighted by molar-refractivity contribution is 7.89. The normalized spacial score (nSPS) is 27.0. The van der Waals surface area contributed by atoms with E-state index in [1.165, 1.54) is 10.4 Å². The Morgan fingerprint density at radius 3 is 2.86 bits per heavy atom. The molecule has 0 aromatic heterocycles. The van der Waals surface area contributed by atoms with Crippen LogP contribution in [0.15, 0.2) is 29.2 Å². The van der Waals surface area contributed by atoms with Gasteiger partial charge in [-0.15, -0.1) is 0 Å². The third-order valence-electron chi connectivity index (χ3n) is 4.22. The monoisotopic (exact) mass is 328 g/mol. The van der Waals surface area contributed by atoms with Gasteiger partial charge in [-0.05, 0) is 37.0 Å². The van der Waals surface area contributed by atoms with E-state index >= 15 is 0 Å². The third kappa shape index (κ3) is 2.93. The minimum atomic E-state index is -3.51.